The molecular formula is C22H19BrClN5O2. The summed E-state index contributed by atoms with van der Waals surface area (Å²) in [5.41, 5.74) is 1.89. The topological polar surface area (TPSA) is 65.1 Å². The van der Waals surface area contributed by atoms with Crippen LogP contribution in [0, 0.1) is 0 Å². The molecule has 5 rings (SSSR count). The monoisotopic (exact) mass is 499 g/mol. The maximum atomic E-state index is 13.4. The predicted octanol–water partition coefficient (Wildman–Crippen LogP) is 3.90. The fourth-order valence-corrected chi connectivity index (χ4v) is 4.57. The minimum absolute atomic E-state index is 0.152. The minimum atomic E-state index is -0.400. The summed E-state index contributed by atoms with van der Waals surface area (Å²) < 4.78 is 5.62. The Morgan fingerprint density at radius 2 is 1.87 bits per heavy atom. The molecule has 3 heterocycles. The molecule has 7 nitrogen and oxygen atoms in total. The van der Waals surface area contributed by atoms with E-state index in [0.717, 1.165) is 28.7 Å². The molecule has 0 N–H and O–H groups in total. The number of benzene rings is 2. The van der Waals surface area contributed by atoms with Crippen molar-refractivity contribution in [3.63, 3.8) is 0 Å². The number of imidazole rings is 1. The van der Waals surface area contributed by atoms with Crippen molar-refractivity contribution in [2.24, 2.45) is 7.05 Å². The molecule has 0 unspecified atom stereocenters. The molecule has 0 amide bonds. The molecule has 0 aliphatic carbocycles. The van der Waals surface area contributed by atoms with E-state index in [1.54, 1.807) is 19.2 Å². The lowest BCUT2D eigenvalue weighted by Gasteiger charge is -2.29. The molecule has 1 aliphatic heterocycles. The Balaban J connectivity index is 1.69. The van der Waals surface area contributed by atoms with Gasteiger partial charge in [-0.1, -0.05) is 39.7 Å². The Labute approximate surface area is 191 Å². The lowest BCUT2D eigenvalue weighted by Crippen LogP contribution is -2.40. The highest BCUT2D eigenvalue weighted by molar-refractivity contribution is 9.10. The van der Waals surface area contributed by atoms with Gasteiger partial charge < -0.3 is 9.47 Å². The number of rotatable bonds is 3. The molecule has 158 valence electrons. The second kappa shape index (κ2) is 7.69. The predicted molar refractivity (Wildman–Crippen MR) is 126 cm³/mol. The first-order valence-corrected chi connectivity index (χ1v) is 11.1. The van der Waals surface area contributed by atoms with E-state index in [4.69, 9.17) is 16.6 Å². The van der Waals surface area contributed by atoms with Crippen molar-refractivity contribution in [1.82, 2.24) is 18.7 Å². The van der Waals surface area contributed by atoms with Crippen LogP contribution in [0.25, 0.3) is 11.2 Å². The van der Waals surface area contributed by atoms with Crippen molar-refractivity contribution in [1.29, 1.82) is 0 Å². The van der Waals surface area contributed by atoms with Crippen LogP contribution in [0.15, 0.2) is 62.6 Å². The maximum Gasteiger partial charge on any atom is 0.332 e. The number of anilines is 2. The molecule has 9 heteroatoms. The summed E-state index contributed by atoms with van der Waals surface area (Å²) in [5, 5.41) is 0.565. The number of hydrogen-bond donors (Lipinski definition) is 0. The van der Waals surface area contributed by atoms with Gasteiger partial charge in [0.25, 0.3) is 5.56 Å². The number of hydrogen-bond acceptors (Lipinski definition) is 4. The molecule has 1 aliphatic rings. The van der Waals surface area contributed by atoms with E-state index in [9.17, 15) is 9.59 Å². The molecular weight excluding hydrogens is 482 g/mol. The van der Waals surface area contributed by atoms with E-state index in [1.165, 1.54) is 9.13 Å². The normalized spacial score (nSPS) is 13.6. The van der Waals surface area contributed by atoms with Crippen molar-refractivity contribution in [2.75, 3.05) is 11.4 Å². The van der Waals surface area contributed by atoms with Crippen LogP contribution < -0.4 is 16.1 Å². The second-order valence-corrected chi connectivity index (χ2v) is 8.93. The van der Waals surface area contributed by atoms with Crippen LogP contribution in [0.2, 0.25) is 5.02 Å². The van der Waals surface area contributed by atoms with Crippen molar-refractivity contribution in [2.45, 2.75) is 19.5 Å². The summed E-state index contributed by atoms with van der Waals surface area (Å²) >= 11 is 9.55. The van der Waals surface area contributed by atoms with Gasteiger partial charge in [0, 0.05) is 35.3 Å². The lowest BCUT2D eigenvalue weighted by molar-refractivity contribution is 0.597. The Morgan fingerprint density at radius 1 is 1.10 bits per heavy atom. The fourth-order valence-electron chi connectivity index (χ4n) is 4.09. The summed E-state index contributed by atoms with van der Waals surface area (Å²) in [7, 11) is 1.65. The highest BCUT2D eigenvalue weighted by Crippen LogP contribution is 2.31. The summed E-state index contributed by atoms with van der Waals surface area (Å²) in [6, 6.07) is 15.2. The molecule has 0 bridgehead atoms. The first-order chi connectivity index (χ1) is 14.9. The van der Waals surface area contributed by atoms with Crippen LogP contribution in [-0.2, 0) is 20.1 Å². The van der Waals surface area contributed by atoms with Crippen molar-refractivity contribution < 1.29 is 0 Å². The van der Waals surface area contributed by atoms with E-state index in [0.29, 0.717) is 28.7 Å². The van der Waals surface area contributed by atoms with Gasteiger partial charge in [0.05, 0.1) is 6.54 Å². The quantitative estimate of drug-likeness (QED) is 0.428. The molecule has 0 spiro atoms. The zero-order chi connectivity index (χ0) is 21.7. The highest BCUT2D eigenvalue weighted by atomic mass is 79.9. The molecule has 31 heavy (non-hydrogen) atoms. The van der Waals surface area contributed by atoms with Gasteiger partial charge in [-0.2, -0.15) is 4.98 Å². The average molecular weight is 501 g/mol. The summed E-state index contributed by atoms with van der Waals surface area (Å²) in [6.45, 7) is 1.61. The molecule has 0 radical (unpaired) electrons. The Hall–Kier alpha value is -2.84. The standard InChI is InChI=1S/C22H19BrClN5O2/c1-26-19-18(20(30)29(22(26)31)13-14-4-2-5-16(24)12-14)28-11-3-10-27(21(28)25-19)17-8-6-15(23)7-9-17/h2,4-9,12H,3,10-11,13H2,1H3. The SMILES string of the molecule is Cn1c(=O)n(Cc2cccc(Cl)c2)c(=O)c2c1nc1n2CCCN1c1ccc(Br)cc1. The Morgan fingerprint density at radius 3 is 2.61 bits per heavy atom. The van der Waals surface area contributed by atoms with Gasteiger partial charge in [0.1, 0.15) is 0 Å². The van der Waals surface area contributed by atoms with Gasteiger partial charge in [0.15, 0.2) is 11.2 Å². The number of aryl methyl sites for hydroxylation is 2. The van der Waals surface area contributed by atoms with Gasteiger partial charge in [-0.25, -0.2) is 4.79 Å². The largest absolute Gasteiger partial charge is 0.332 e. The van der Waals surface area contributed by atoms with E-state index in [2.05, 4.69) is 20.8 Å². The van der Waals surface area contributed by atoms with Crippen LogP contribution in [0.5, 0.6) is 0 Å². The first-order valence-electron chi connectivity index (χ1n) is 9.91. The van der Waals surface area contributed by atoms with E-state index < -0.39 is 5.69 Å². The average Bonchev–Trinajstić information content (AvgIpc) is 3.16. The molecule has 0 saturated carbocycles. The molecule has 0 atom stereocenters. The first kappa shape index (κ1) is 20.1. The van der Waals surface area contributed by atoms with Crippen LogP contribution in [0.1, 0.15) is 12.0 Å². The molecule has 0 saturated heterocycles. The molecule has 4 aromatic rings. The van der Waals surface area contributed by atoms with E-state index in [-0.39, 0.29) is 12.1 Å². The minimum Gasteiger partial charge on any atom is -0.312 e. The van der Waals surface area contributed by atoms with Crippen LogP contribution in [0.4, 0.5) is 11.6 Å². The van der Waals surface area contributed by atoms with Crippen LogP contribution >= 0.6 is 27.5 Å². The molecule has 2 aromatic carbocycles. The van der Waals surface area contributed by atoms with Crippen LogP contribution in [0.3, 0.4) is 0 Å². The van der Waals surface area contributed by atoms with Crippen molar-refractivity contribution in [3.05, 3.63) is 84.4 Å². The third-order valence-corrected chi connectivity index (χ3v) is 6.35. The number of fused-ring (bicyclic) bond motifs is 3. The summed E-state index contributed by atoms with van der Waals surface area (Å²) in [4.78, 5) is 33.3. The van der Waals surface area contributed by atoms with Gasteiger partial charge in [0.2, 0.25) is 5.95 Å². The van der Waals surface area contributed by atoms with Crippen molar-refractivity contribution in [3.8, 4) is 0 Å². The smallest absolute Gasteiger partial charge is 0.312 e. The van der Waals surface area contributed by atoms with Gasteiger partial charge in [-0.15, -0.1) is 0 Å². The molecule has 2 aromatic heterocycles. The Kier molecular flexibility index (Phi) is 4.98. The van der Waals surface area contributed by atoms with E-state index in [1.807, 2.05) is 41.0 Å². The maximum absolute atomic E-state index is 13.4. The Bertz CT molecular complexity index is 1420. The number of halogens is 2. The number of nitrogens with zero attached hydrogens (tertiary/aromatic N) is 5. The third kappa shape index (κ3) is 3.40. The lowest BCUT2D eigenvalue weighted by atomic mass is 10.2. The zero-order valence-corrected chi connectivity index (χ0v) is 19.1. The second-order valence-electron chi connectivity index (χ2n) is 7.58. The summed E-state index contributed by atoms with van der Waals surface area (Å²) in [6.07, 6.45) is 0.866. The van der Waals surface area contributed by atoms with Gasteiger partial charge in [-0.05, 0) is 48.4 Å². The van der Waals surface area contributed by atoms with Gasteiger partial charge >= 0.3 is 5.69 Å². The van der Waals surface area contributed by atoms with Crippen LogP contribution in [-0.4, -0.2) is 25.2 Å². The highest BCUT2D eigenvalue weighted by Gasteiger charge is 2.27. The molecule has 0 fully saturated rings. The zero-order valence-electron chi connectivity index (χ0n) is 16.8. The van der Waals surface area contributed by atoms with Gasteiger partial charge in [-0.3, -0.25) is 13.9 Å². The summed E-state index contributed by atoms with van der Waals surface area (Å²) in [5.74, 6) is 0.677. The fraction of sp³-hybridized carbons (Fsp3) is 0.227. The number of aromatic nitrogens is 4. The third-order valence-electron chi connectivity index (χ3n) is 5.59. The van der Waals surface area contributed by atoms with E-state index >= 15 is 0 Å². The van der Waals surface area contributed by atoms with Crippen molar-refractivity contribution >= 4 is 50.3 Å².